The molecule has 0 aromatic heterocycles. The highest BCUT2D eigenvalue weighted by Crippen LogP contribution is 2.20. The first kappa shape index (κ1) is 16.8. The maximum absolute atomic E-state index is 12.2. The number of urea groups is 1. The molecular weight excluding hydrogens is 258 g/mol. The summed E-state index contributed by atoms with van der Waals surface area (Å²) in [6.45, 7) is 7.35. The Bertz CT molecular complexity index is 357. The van der Waals surface area contributed by atoms with Crippen LogP contribution in [0.15, 0.2) is 0 Å². The summed E-state index contributed by atoms with van der Waals surface area (Å²) in [4.78, 5) is 27.4. The zero-order chi connectivity index (χ0) is 15.5. The maximum Gasteiger partial charge on any atom is 0.326 e. The van der Waals surface area contributed by atoms with E-state index >= 15 is 0 Å². The minimum atomic E-state index is -0.998. The molecule has 0 saturated carbocycles. The second-order valence-electron chi connectivity index (χ2n) is 6.73. The number of piperidine rings is 1. The first-order valence-corrected chi connectivity index (χ1v) is 7.07. The van der Waals surface area contributed by atoms with Crippen LogP contribution in [0.4, 0.5) is 4.79 Å². The van der Waals surface area contributed by atoms with Gasteiger partial charge in [0.15, 0.2) is 0 Å². The van der Waals surface area contributed by atoms with Gasteiger partial charge in [-0.2, -0.15) is 0 Å². The Hall–Kier alpha value is -1.30. The minimum Gasteiger partial charge on any atom is -0.480 e. The Morgan fingerprint density at radius 2 is 1.80 bits per heavy atom. The van der Waals surface area contributed by atoms with Crippen molar-refractivity contribution in [3.05, 3.63) is 0 Å². The lowest BCUT2D eigenvalue weighted by Gasteiger charge is -2.36. The number of carbonyl (C=O) groups is 2. The van der Waals surface area contributed by atoms with Crippen molar-refractivity contribution in [3.63, 3.8) is 0 Å². The van der Waals surface area contributed by atoms with Gasteiger partial charge < -0.3 is 20.2 Å². The molecule has 0 radical (unpaired) electrons. The molecule has 2 amide bonds. The highest BCUT2D eigenvalue weighted by molar-refractivity contribution is 5.83. The van der Waals surface area contributed by atoms with Crippen LogP contribution in [0.5, 0.6) is 0 Å². The van der Waals surface area contributed by atoms with E-state index in [-0.39, 0.29) is 12.1 Å². The number of amides is 2. The van der Waals surface area contributed by atoms with Crippen LogP contribution < -0.4 is 5.32 Å². The van der Waals surface area contributed by atoms with Crippen molar-refractivity contribution in [2.75, 3.05) is 27.2 Å². The van der Waals surface area contributed by atoms with Gasteiger partial charge in [-0.05, 0) is 38.4 Å². The molecule has 6 nitrogen and oxygen atoms in total. The van der Waals surface area contributed by atoms with Crippen molar-refractivity contribution in [2.45, 2.75) is 45.7 Å². The average molecular weight is 285 g/mol. The quantitative estimate of drug-likeness (QED) is 0.818. The number of likely N-dealkylation sites (tertiary alicyclic amines) is 1. The van der Waals surface area contributed by atoms with E-state index in [4.69, 9.17) is 0 Å². The van der Waals surface area contributed by atoms with Gasteiger partial charge in [0.1, 0.15) is 6.04 Å². The van der Waals surface area contributed by atoms with Crippen molar-refractivity contribution < 1.29 is 14.7 Å². The van der Waals surface area contributed by atoms with Gasteiger partial charge in [-0.15, -0.1) is 0 Å². The lowest BCUT2D eigenvalue weighted by molar-refractivity contribution is -0.142. The molecule has 20 heavy (non-hydrogen) atoms. The predicted octanol–water partition coefficient (Wildman–Crippen LogP) is 1.22. The number of carboxylic acids is 1. The fraction of sp³-hybridized carbons (Fsp3) is 0.857. The molecular formula is C14H27N3O3. The van der Waals surface area contributed by atoms with Crippen LogP contribution in [-0.4, -0.2) is 66.2 Å². The summed E-state index contributed by atoms with van der Waals surface area (Å²) in [5.41, 5.74) is -0.519. The molecule has 1 aliphatic heterocycles. The van der Waals surface area contributed by atoms with Gasteiger partial charge in [0.2, 0.25) is 0 Å². The molecule has 0 aliphatic carbocycles. The van der Waals surface area contributed by atoms with Crippen molar-refractivity contribution >= 4 is 12.0 Å². The summed E-state index contributed by atoms with van der Waals surface area (Å²) >= 11 is 0. The van der Waals surface area contributed by atoms with E-state index in [9.17, 15) is 14.7 Å². The molecule has 116 valence electrons. The number of nitrogens with one attached hydrogen (secondary N) is 1. The number of carbonyl (C=O) groups excluding carboxylic acids is 1. The third-order valence-electron chi connectivity index (χ3n) is 3.94. The molecule has 1 aliphatic rings. The van der Waals surface area contributed by atoms with Crippen LogP contribution in [0.3, 0.4) is 0 Å². The summed E-state index contributed by atoms with van der Waals surface area (Å²) in [6.07, 6.45) is 1.85. The third-order valence-corrected chi connectivity index (χ3v) is 3.94. The van der Waals surface area contributed by atoms with E-state index < -0.39 is 17.4 Å². The second kappa shape index (κ2) is 6.43. The van der Waals surface area contributed by atoms with E-state index in [1.54, 1.807) is 11.9 Å². The molecule has 1 atom stereocenters. The van der Waals surface area contributed by atoms with Crippen LogP contribution in [0.2, 0.25) is 0 Å². The van der Waals surface area contributed by atoms with Crippen LogP contribution in [0.1, 0.15) is 33.6 Å². The average Bonchev–Trinajstić information content (AvgIpc) is 2.33. The van der Waals surface area contributed by atoms with E-state index in [1.807, 2.05) is 20.8 Å². The molecule has 2 N–H and O–H groups in total. The largest absolute Gasteiger partial charge is 0.480 e. The Morgan fingerprint density at radius 1 is 1.30 bits per heavy atom. The molecule has 6 heteroatoms. The van der Waals surface area contributed by atoms with E-state index in [2.05, 4.69) is 17.3 Å². The van der Waals surface area contributed by atoms with E-state index in [0.29, 0.717) is 0 Å². The van der Waals surface area contributed by atoms with E-state index in [1.165, 1.54) is 0 Å². The smallest absolute Gasteiger partial charge is 0.326 e. The van der Waals surface area contributed by atoms with Crippen molar-refractivity contribution in [2.24, 2.45) is 5.41 Å². The molecule has 1 saturated heterocycles. The summed E-state index contributed by atoms with van der Waals surface area (Å²) in [6, 6.07) is -1.01. The Labute approximate surface area is 121 Å². The van der Waals surface area contributed by atoms with Crippen molar-refractivity contribution in [1.29, 1.82) is 0 Å². The molecule has 1 fully saturated rings. The summed E-state index contributed by atoms with van der Waals surface area (Å²) in [5, 5.41) is 11.9. The van der Waals surface area contributed by atoms with Crippen molar-refractivity contribution in [3.8, 4) is 0 Å². The Balaban J connectivity index is 2.62. The standard InChI is InChI=1S/C14H27N3O3/c1-14(2,3)11(12(18)19)15-13(20)17(5)10-6-8-16(4)9-7-10/h10-11H,6-9H2,1-5H3,(H,15,20)(H,18,19)/t11-/m1/s1. The number of carboxylic acid groups (broad SMARTS) is 1. The second-order valence-corrected chi connectivity index (χ2v) is 6.73. The van der Waals surface area contributed by atoms with Gasteiger partial charge in [0.25, 0.3) is 0 Å². The number of nitrogens with zero attached hydrogens (tertiary/aromatic N) is 2. The number of hydrogen-bond donors (Lipinski definition) is 2. The SMILES string of the molecule is CN1CCC(N(C)C(=O)N[C@H](C(=O)O)C(C)(C)C)CC1. The van der Waals surface area contributed by atoms with Gasteiger partial charge in [-0.25, -0.2) is 9.59 Å². The minimum absolute atomic E-state index is 0.181. The van der Waals surface area contributed by atoms with Gasteiger partial charge >= 0.3 is 12.0 Å². The normalized spacial score (nSPS) is 19.4. The van der Waals surface area contributed by atoms with Crippen LogP contribution in [-0.2, 0) is 4.79 Å². The number of aliphatic carboxylic acids is 1. The van der Waals surface area contributed by atoms with Gasteiger partial charge in [0, 0.05) is 13.1 Å². The van der Waals surface area contributed by atoms with Crippen molar-refractivity contribution in [1.82, 2.24) is 15.1 Å². The molecule has 0 aromatic carbocycles. The summed E-state index contributed by atoms with van der Waals surface area (Å²) < 4.78 is 0. The topological polar surface area (TPSA) is 72.9 Å². The zero-order valence-corrected chi connectivity index (χ0v) is 13.1. The van der Waals surface area contributed by atoms with Crippen LogP contribution >= 0.6 is 0 Å². The fourth-order valence-electron chi connectivity index (χ4n) is 2.42. The Kier molecular flexibility index (Phi) is 5.39. The summed E-state index contributed by atoms with van der Waals surface area (Å²) in [7, 11) is 3.81. The highest BCUT2D eigenvalue weighted by atomic mass is 16.4. The lowest BCUT2D eigenvalue weighted by atomic mass is 9.87. The lowest BCUT2D eigenvalue weighted by Crippen LogP contribution is -2.55. The molecule has 0 spiro atoms. The highest BCUT2D eigenvalue weighted by Gasteiger charge is 2.34. The molecule has 1 rings (SSSR count). The molecule has 1 heterocycles. The summed E-state index contributed by atoms with van der Waals surface area (Å²) in [5.74, 6) is -0.998. The van der Waals surface area contributed by atoms with E-state index in [0.717, 1.165) is 25.9 Å². The predicted molar refractivity (Wildman–Crippen MR) is 77.7 cm³/mol. The van der Waals surface area contributed by atoms with Crippen LogP contribution in [0.25, 0.3) is 0 Å². The third kappa shape index (κ3) is 4.37. The first-order chi connectivity index (χ1) is 9.12. The zero-order valence-electron chi connectivity index (χ0n) is 13.1. The van der Waals surface area contributed by atoms with Gasteiger partial charge in [-0.3, -0.25) is 0 Å². The monoisotopic (exact) mass is 285 g/mol. The van der Waals surface area contributed by atoms with Gasteiger partial charge in [0.05, 0.1) is 0 Å². The van der Waals surface area contributed by atoms with Crippen LogP contribution in [0, 0.1) is 5.41 Å². The first-order valence-electron chi connectivity index (χ1n) is 7.07. The van der Waals surface area contributed by atoms with Gasteiger partial charge in [-0.1, -0.05) is 20.8 Å². The molecule has 0 unspecified atom stereocenters. The fourth-order valence-corrected chi connectivity index (χ4v) is 2.42. The molecule has 0 bridgehead atoms. The maximum atomic E-state index is 12.2. The Morgan fingerprint density at radius 3 is 2.20 bits per heavy atom. The molecule has 0 aromatic rings. The number of rotatable bonds is 3. The number of hydrogen-bond acceptors (Lipinski definition) is 3.